The van der Waals surface area contributed by atoms with Crippen molar-refractivity contribution < 1.29 is 0 Å². The molecule has 1 N–H and O–H groups in total. The first-order valence-corrected chi connectivity index (χ1v) is 18.4. The quantitative estimate of drug-likeness (QED) is 0.190. The minimum Gasteiger partial charge on any atom is -0.381 e. The Balaban J connectivity index is 1.17. The molecular weight excluding hydrogens is 593 g/mol. The van der Waals surface area contributed by atoms with Crippen molar-refractivity contribution in [3.8, 4) is 11.1 Å². The highest BCUT2D eigenvalue weighted by molar-refractivity contribution is 6.26. The van der Waals surface area contributed by atoms with Crippen molar-refractivity contribution in [3.05, 3.63) is 155 Å². The average Bonchev–Trinajstić information content (AvgIpc) is 3.58. The molecule has 1 aliphatic heterocycles. The van der Waals surface area contributed by atoms with Crippen molar-refractivity contribution >= 4 is 43.8 Å². The smallest absolute Gasteiger partial charge is 0.0623 e. The number of nitrogens with zero attached hydrogens (tertiary/aromatic N) is 1. The Labute approximate surface area is 287 Å². The van der Waals surface area contributed by atoms with Crippen LogP contribution in [0.15, 0.2) is 121 Å². The van der Waals surface area contributed by atoms with Gasteiger partial charge in [-0.1, -0.05) is 117 Å². The van der Waals surface area contributed by atoms with E-state index in [1.807, 2.05) is 0 Å². The van der Waals surface area contributed by atoms with Gasteiger partial charge in [0.25, 0.3) is 0 Å². The van der Waals surface area contributed by atoms with Crippen LogP contribution in [0, 0.1) is 0 Å². The molecule has 3 heterocycles. The number of rotatable bonds is 1. The van der Waals surface area contributed by atoms with Crippen LogP contribution < -0.4 is 5.32 Å². The highest BCUT2D eigenvalue weighted by atomic mass is 14.9. The second-order valence-electron chi connectivity index (χ2n) is 15.5. The van der Waals surface area contributed by atoms with Gasteiger partial charge in [0, 0.05) is 50.5 Å². The van der Waals surface area contributed by atoms with E-state index in [2.05, 4.69) is 145 Å². The average molecular weight is 633 g/mol. The third-order valence-electron chi connectivity index (χ3n) is 12.8. The maximum absolute atomic E-state index is 4.33. The van der Waals surface area contributed by atoms with Gasteiger partial charge in [-0.2, -0.15) is 0 Å². The van der Waals surface area contributed by atoms with Gasteiger partial charge in [0.05, 0.1) is 16.6 Å². The van der Waals surface area contributed by atoms with Crippen LogP contribution in [-0.2, 0) is 11.8 Å². The molecule has 2 nitrogen and oxygen atoms in total. The lowest BCUT2D eigenvalue weighted by molar-refractivity contribution is 0.460. The van der Waals surface area contributed by atoms with Crippen molar-refractivity contribution in [2.75, 3.05) is 5.32 Å². The van der Waals surface area contributed by atoms with E-state index in [4.69, 9.17) is 0 Å². The summed E-state index contributed by atoms with van der Waals surface area (Å²) in [6, 6.07) is 46.7. The van der Waals surface area contributed by atoms with Gasteiger partial charge in [-0.3, -0.25) is 0 Å². The SMILES string of the molecule is CC1(C)c2ccccc2C2CCCC(C3CCc4ccccc4-c4cc5c6ccccc6n6c7ccccc7c(c43)c56)Nc3cccc1c32. The van der Waals surface area contributed by atoms with E-state index in [0.29, 0.717) is 17.9 Å². The zero-order valence-electron chi connectivity index (χ0n) is 28.3. The van der Waals surface area contributed by atoms with E-state index in [-0.39, 0.29) is 5.41 Å². The number of aryl methyl sites for hydroxylation is 1. The molecule has 0 radical (unpaired) electrons. The first-order valence-electron chi connectivity index (χ1n) is 18.4. The summed E-state index contributed by atoms with van der Waals surface area (Å²) < 4.78 is 2.56. The molecular formula is C47H40N2. The number of benzene rings is 6. The molecule has 0 saturated heterocycles. The normalized spacial score (nSPS) is 21.0. The predicted molar refractivity (Wildman–Crippen MR) is 206 cm³/mol. The molecule has 0 spiro atoms. The molecule has 0 amide bonds. The Hall–Kier alpha value is -5.08. The summed E-state index contributed by atoms with van der Waals surface area (Å²) in [4.78, 5) is 0. The van der Waals surface area contributed by atoms with Crippen LogP contribution in [-0.4, -0.2) is 10.4 Å². The minimum absolute atomic E-state index is 0.0278. The minimum atomic E-state index is -0.0278. The van der Waals surface area contributed by atoms with Gasteiger partial charge in [0.15, 0.2) is 0 Å². The summed E-state index contributed by atoms with van der Waals surface area (Å²) in [6.45, 7) is 4.85. The topological polar surface area (TPSA) is 16.4 Å². The first-order chi connectivity index (χ1) is 24.1. The van der Waals surface area contributed by atoms with Crippen molar-refractivity contribution in [2.45, 2.75) is 69.2 Å². The molecule has 3 atom stereocenters. The van der Waals surface area contributed by atoms with Crippen LogP contribution in [0.4, 0.5) is 5.69 Å². The van der Waals surface area contributed by atoms with Gasteiger partial charge in [-0.25, -0.2) is 0 Å². The Kier molecular flexibility index (Phi) is 5.67. The maximum atomic E-state index is 4.33. The summed E-state index contributed by atoms with van der Waals surface area (Å²) >= 11 is 0. The Bertz CT molecular complexity index is 2620. The summed E-state index contributed by atoms with van der Waals surface area (Å²) in [5.41, 5.74) is 17.3. The van der Waals surface area contributed by atoms with Crippen molar-refractivity contribution in [2.24, 2.45) is 0 Å². The molecule has 0 bridgehead atoms. The fraction of sp³-hybridized carbons (Fsp3) is 0.234. The lowest BCUT2D eigenvalue weighted by atomic mass is 9.63. The Morgan fingerprint density at radius 3 is 2.27 bits per heavy atom. The molecule has 238 valence electrons. The fourth-order valence-corrected chi connectivity index (χ4v) is 10.7. The van der Waals surface area contributed by atoms with Crippen LogP contribution in [0.2, 0.25) is 0 Å². The summed E-state index contributed by atoms with van der Waals surface area (Å²) in [7, 11) is 0. The lowest BCUT2D eigenvalue weighted by Gasteiger charge is -2.43. The second kappa shape index (κ2) is 9.98. The van der Waals surface area contributed by atoms with E-state index in [1.165, 1.54) is 90.0 Å². The van der Waals surface area contributed by atoms with Crippen LogP contribution in [0.3, 0.4) is 0 Å². The number of anilines is 1. The third-order valence-corrected chi connectivity index (χ3v) is 12.8. The van der Waals surface area contributed by atoms with Crippen LogP contribution in [0.1, 0.15) is 84.7 Å². The predicted octanol–water partition coefficient (Wildman–Crippen LogP) is 12.0. The largest absolute Gasteiger partial charge is 0.381 e. The molecule has 3 aliphatic rings. The maximum Gasteiger partial charge on any atom is 0.0623 e. The highest BCUT2D eigenvalue weighted by Crippen LogP contribution is 2.54. The lowest BCUT2D eigenvalue weighted by Crippen LogP contribution is -2.34. The van der Waals surface area contributed by atoms with Crippen LogP contribution in [0.5, 0.6) is 0 Å². The molecule has 49 heavy (non-hydrogen) atoms. The summed E-state index contributed by atoms with van der Waals surface area (Å²) in [6.07, 6.45) is 5.79. The second-order valence-corrected chi connectivity index (χ2v) is 15.5. The van der Waals surface area contributed by atoms with Gasteiger partial charge >= 0.3 is 0 Å². The van der Waals surface area contributed by atoms with E-state index in [9.17, 15) is 0 Å². The number of fused-ring (bicyclic) bond motifs is 12. The zero-order valence-corrected chi connectivity index (χ0v) is 28.3. The number of aromatic nitrogens is 1. The number of hydrogen-bond acceptors (Lipinski definition) is 1. The van der Waals surface area contributed by atoms with Crippen LogP contribution >= 0.6 is 0 Å². The Morgan fingerprint density at radius 1 is 0.633 bits per heavy atom. The summed E-state index contributed by atoms with van der Waals surface area (Å²) in [5, 5.41) is 9.91. The van der Waals surface area contributed by atoms with Gasteiger partial charge in [0.1, 0.15) is 0 Å². The van der Waals surface area contributed by atoms with Crippen molar-refractivity contribution in [1.29, 1.82) is 0 Å². The number of nitrogens with one attached hydrogen (secondary N) is 1. The van der Waals surface area contributed by atoms with E-state index in [1.54, 1.807) is 11.1 Å². The Morgan fingerprint density at radius 2 is 1.37 bits per heavy atom. The van der Waals surface area contributed by atoms with E-state index in [0.717, 1.165) is 19.3 Å². The molecule has 6 aromatic carbocycles. The van der Waals surface area contributed by atoms with E-state index < -0.39 is 0 Å². The third kappa shape index (κ3) is 3.67. The summed E-state index contributed by atoms with van der Waals surface area (Å²) in [5.74, 6) is 0.810. The molecule has 3 unspecified atom stereocenters. The standard InChI is InChI=1S/C47H40N2/c1-47(2)37-19-8-5-15-30(37)32-18-11-21-39(48-40-22-12-20-38(47)44(32)40)33-26-25-28-13-3-4-14-29(28)35-27-36-31-16-6-9-23-41(31)49-42-24-10-7-17-34(42)45(43(33)35)46(36)49/h3-10,12-17,19-20,22-24,27,32-33,39,48H,11,18,21,25-26H2,1-2H3. The van der Waals surface area contributed by atoms with E-state index >= 15 is 0 Å². The molecule has 2 aromatic heterocycles. The molecule has 0 saturated carbocycles. The number of hydrogen-bond donors (Lipinski definition) is 1. The van der Waals surface area contributed by atoms with Crippen LogP contribution in [0.25, 0.3) is 49.2 Å². The first kappa shape index (κ1) is 27.8. The molecule has 11 rings (SSSR count). The number of para-hydroxylation sites is 2. The molecule has 0 fully saturated rings. The molecule has 2 heteroatoms. The van der Waals surface area contributed by atoms with Crippen molar-refractivity contribution in [3.63, 3.8) is 0 Å². The zero-order chi connectivity index (χ0) is 32.4. The highest BCUT2D eigenvalue weighted by Gasteiger charge is 2.41. The van der Waals surface area contributed by atoms with Gasteiger partial charge in [-0.05, 0) is 94.5 Å². The molecule has 2 aliphatic carbocycles. The van der Waals surface area contributed by atoms with Gasteiger partial charge in [0.2, 0.25) is 0 Å². The van der Waals surface area contributed by atoms with Crippen molar-refractivity contribution in [1.82, 2.24) is 4.40 Å². The molecule has 8 aromatic rings. The van der Waals surface area contributed by atoms with Gasteiger partial charge < -0.3 is 9.72 Å². The monoisotopic (exact) mass is 632 g/mol. The fourth-order valence-electron chi connectivity index (χ4n) is 10.7. The van der Waals surface area contributed by atoms with Gasteiger partial charge in [-0.15, -0.1) is 0 Å².